The Balaban J connectivity index is 2.23. The van der Waals surface area contributed by atoms with Crippen LogP contribution in [0.5, 0.6) is 0 Å². The average Bonchev–Trinajstić information content (AvgIpc) is 2.54. The molecule has 2 heteroatoms. The summed E-state index contributed by atoms with van der Waals surface area (Å²) in [5.74, 6) is 0. The standard InChI is InChI=1S/C13H28N2/c1-4-5-7-11(2)15-10-13(3)9-6-8-12(13)14/h11-12,15H,4-10,14H2,1-3H3. The highest BCUT2D eigenvalue weighted by atomic mass is 14.9. The van der Waals surface area contributed by atoms with Crippen molar-refractivity contribution in [2.45, 2.75) is 71.4 Å². The number of nitrogens with two attached hydrogens (primary N) is 1. The first kappa shape index (κ1) is 13.0. The zero-order chi connectivity index (χ0) is 11.3. The van der Waals surface area contributed by atoms with Crippen molar-refractivity contribution in [3.05, 3.63) is 0 Å². The van der Waals surface area contributed by atoms with Crippen LogP contribution in [0, 0.1) is 5.41 Å². The topological polar surface area (TPSA) is 38.0 Å². The fourth-order valence-electron chi connectivity index (χ4n) is 2.50. The molecular formula is C13H28N2. The van der Waals surface area contributed by atoms with E-state index in [0.717, 1.165) is 6.54 Å². The van der Waals surface area contributed by atoms with E-state index in [1.165, 1.54) is 38.5 Å². The molecule has 1 fully saturated rings. The molecule has 0 radical (unpaired) electrons. The molecule has 0 heterocycles. The summed E-state index contributed by atoms with van der Waals surface area (Å²) in [7, 11) is 0. The maximum Gasteiger partial charge on any atom is 0.0105 e. The van der Waals surface area contributed by atoms with Crippen molar-refractivity contribution in [3.63, 3.8) is 0 Å². The third kappa shape index (κ3) is 3.76. The number of unbranched alkanes of at least 4 members (excludes halogenated alkanes) is 1. The fraction of sp³-hybridized carbons (Fsp3) is 1.00. The van der Waals surface area contributed by atoms with Crippen molar-refractivity contribution in [2.75, 3.05) is 6.54 Å². The zero-order valence-corrected chi connectivity index (χ0v) is 10.7. The van der Waals surface area contributed by atoms with Crippen LogP contribution in [0.15, 0.2) is 0 Å². The van der Waals surface area contributed by atoms with Crippen molar-refractivity contribution >= 4 is 0 Å². The molecule has 0 saturated heterocycles. The van der Waals surface area contributed by atoms with Crippen molar-refractivity contribution < 1.29 is 0 Å². The lowest BCUT2D eigenvalue weighted by Gasteiger charge is -2.31. The molecule has 1 aliphatic rings. The van der Waals surface area contributed by atoms with Gasteiger partial charge >= 0.3 is 0 Å². The van der Waals surface area contributed by atoms with Crippen molar-refractivity contribution in [3.8, 4) is 0 Å². The molecule has 90 valence electrons. The van der Waals surface area contributed by atoms with E-state index < -0.39 is 0 Å². The second-order valence-electron chi connectivity index (χ2n) is 5.58. The molecule has 3 N–H and O–H groups in total. The molecular weight excluding hydrogens is 184 g/mol. The summed E-state index contributed by atoms with van der Waals surface area (Å²) >= 11 is 0. The average molecular weight is 212 g/mol. The normalized spacial score (nSPS) is 33.2. The highest BCUT2D eigenvalue weighted by Gasteiger charge is 2.35. The number of nitrogens with one attached hydrogen (secondary N) is 1. The zero-order valence-electron chi connectivity index (χ0n) is 10.7. The monoisotopic (exact) mass is 212 g/mol. The van der Waals surface area contributed by atoms with Crippen LogP contribution in [0.25, 0.3) is 0 Å². The van der Waals surface area contributed by atoms with E-state index in [0.29, 0.717) is 17.5 Å². The predicted molar refractivity (Wildman–Crippen MR) is 66.9 cm³/mol. The quantitative estimate of drug-likeness (QED) is 0.710. The van der Waals surface area contributed by atoms with Gasteiger partial charge in [-0.1, -0.05) is 33.1 Å². The van der Waals surface area contributed by atoms with E-state index in [4.69, 9.17) is 5.73 Å². The molecule has 0 aromatic carbocycles. The van der Waals surface area contributed by atoms with Gasteiger partial charge in [-0.3, -0.25) is 0 Å². The van der Waals surface area contributed by atoms with Gasteiger partial charge in [0.25, 0.3) is 0 Å². The minimum atomic E-state index is 0.348. The maximum absolute atomic E-state index is 6.16. The van der Waals surface area contributed by atoms with Crippen LogP contribution in [0.1, 0.15) is 59.3 Å². The van der Waals surface area contributed by atoms with Crippen LogP contribution < -0.4 is 11.1 Å². The van der Waals surface area contributed by atoms with Crippen LogP contribution in [-0.2, 0) is 0 Å². The first-order chi connectivity index (χ1) is 7.08. The molecule has 2 nitrogen and oxygen atoms in total. The molecule has 0 aromatic heterocycles. The third-order valence-electron chi connectivity index (χ3n) is 4.00. The molecule has 3 atom stereocenters. The first-order valence-corrected chi connectivity index (χ1v) is 6.57. The fourth-order valence-corrected chi connectivity index (χ4v) is 2.50. The molecule has 0 bridgehead atoms. The van der Waals surface area contributed by atoms with Crippen LogP contribution in [0.3, 0.4) is 0 Å². The van der Waals surface area contributed by atoms with Crippen molar-refractivity contribution in [2.24, 2.45) is 11.1 Å². The lowest BCUT2D eigenvalue weighted by molar-refractivity contribution is 0.263. The molecule has 0 aromatic rings. The van der Waals surface area contributed by atoms with Crippen LogP contribution in [0.2, 0.25) is 0 Å². The van der Waals surface area contributed by atoms with E-state index in [1.54, 1.807) is 0 Å². The molecule has 1 saturated carbocycles. The number of rotatable bonds is 6. The Hall–Kier alpha value is -0.0800. The van der Waals surface area contributed by atoms with Gasteiger partial charge in [0, 0.05) is 18.6 Å². The smallest absolute Gasteiger partial charge is 0.0105 e. The molecule has 15 heavy (non-hydrogen) atoms. The van der Waals surface area contributed by atoms with E-state index >= 15 is 0 Å². The summed E-state index contributed by atoms with van der Waals surface area (Å²) < 4.78 is 0. The van der Waals surface area contributed by atoms with Crippen LogP contribution >= 0.6 is 0 Å². The number of hydrogen-bond donors (Lipinski definition) is 2. The summed E-state index contributed by atoms with van der Waals surface area (Å²) in [6.45, 7) is 7.98. The lowest BCUT2D eigenvalue weighted by Crippen LogP contribution is -2.44. The second-order valence-corrected chi connectivity index (χ2v) is 5.58. The maximum atomic E-state index is 6.16. The van der Waals surface area contributed by atoms with Gasteiger partial charge in [0.15, 0.2) is 0 Å². The van der Waals surface area contributed by atoms with E-state index in [-0.39, 0.29) is 0 Å². The minimum Gasteiger partial charge on any atom is -0.327 e. The van der Waals surface area contributed by atoms with Gasteiger partial charge in [0.05, 0.1) is 0 Å². The molecule has 1 rings (SSSR count). The van der Waals surface area contributed by atoms with E-state index in [2.05, 4.69) is 26.1 Å². The largest absolute Gasteiger partial charge is 0.327 e. The van der Waals surface area contributed by atoms with Gasteiger partial charge in [-0.15, -0.1) is 0 Å². The lowest BCUT2D eigenvalue weighted by atomic mass is 9.85. The first-order valence-electron chi connectivity index (χ1n) is 6.57. The Morgan fingerprint density at radius 3 is 2.80 bits per heavy atom. The predicted octanol–water partition coefficient (Wildman–Crippen LogP) is 2.67. The summed E-state index contributed by atoms with van der Waals surface area (Å²) in [5, 5.41) is 3.65. The summed E-state index contributed by atoms with van der Waals surface area (Å²) in [5.41, 5.74) is 6.51. The highest BCUT2D eigenvalue weighted by Crippen LogP contribution is 2.35. The Bertz CT molecular complexity index is 181. The second kappa shape index (κ2) is 5.86. The van der Waals surface area contributed by atoms with Gasteiger partial charge in [0.2, 0.25) is 0 Å². The van der Waals surface area contributed by atoms with E-state index in [9.17, 15) is 0 Å². The van der Waals surface area contributed by atoms with Crippen molar-refractivity contribution in [1.29, 1.82) is 0 Å². The van der Waals surface area contributed by atoms with Gasteiger partial charge < -0.3 is 11.1 Å². The number of hydrogen-bond acceptors (Lipinski definition) is 2. The molecule has 0 aliphatic heterocycles. The Labute approximate surface area is 95.0 Å². The molecule has 1 aliphatic carbocycles. The van der Waals surface area contributed by atoms with Gasteiger partial charge in [-0.2, -0.15) is 0 Å². The van der Waals surface area contributed by atoms with Gasteiger partial charge in [0.1, 0.15) is 0 Å². The minimum absolute atomic E-state index is 0.348. The van der Waals surface area contributed by atoms with Crippen molar-refractivity contribution in [1.82, 2.24) is 5.32 Å². The van der Waals surface area contributed by atoms with E-state index in [1.807, 2.05) is 0 Å². The summed E-state index contributed by atoms with van der Waals surface area (Å²) in [4.78, 5) is 0. The Morgan fingerprint density at radius 1 is 1.53 bits per heavy atom. The Kier molecular flexibility index (Phi) is 5.07. The molecule has 0 amide bonds. The van der Waals surface area contributed by atoms with Gasteiger partial charge in [-0.05, 0) is 31.6 Å². The molecule has 3 unspecified atom stereocenters. The summed E-state index contributed by atoms with van der Waals surface area (Å²) in [6.07, 6.45) is 7.73. The van der Waals surface area contributed by atoms with Gasteiger partial charge in [-0.25, -0.2) is 0 Å². The SMILES string of the molecule is CCCCC(C)NCC1(C)CCCC1N. The molecule has 0 spiro atoms. The Morgan fingerprint density at radius 2 is 2.27 bits per heavy atom. The summed E-state index contributed by atoms with van der Waals surface area (Å²) in [6, 6.07) is 1.05. The van der Waals surface area contributed by atoms with Crippen LogP contribution in [0.4, 0.5) is 0 Å². The third-order valence-corrected chi connectivity index (χ3v) is 4.00. The highest BCUT2D eigenvalue weighted by molar-refractivity contribution is 4.93. The van der Waals surface area contributed by atoms with Crippen LogP contribution in [-0.4, -0.2) is 18.6 Å².